The molecule has 0 saturated heterocycles. The number of aliphatic hydroxyl groups excluding tert-OH is 1. The molecule has 1 atom stereocenters. The monoisotopic (exact) mass is 257 g/mol. The van der Waals surface area contributed by atoms with Gasteiger partial charge in [-0.25, -0.2) is 0 Å². The van der Waals surface area contributed by atoms with E-state index in [0.29, 0.717) is 25.8 Å². The highest BCUT2D eigenvalue weighted by Gasteiger charge is 2.20. The standard InChI is InChI=1S/C14H27NO3/c1-5-6-8-11(16)12(17)9-7-10-15-13(18)14(2,3)4/h11,16H,5-10H2,1-4H3,(H,15,18). The second kappa shape index (κ2) is 8.25. The van der Waals surface area contributed by atoms with E-state index in [4.69, 9.17) is 0 Å². The second-order valence-corrected chi connectivity index (χ2v) is 5.73. The number of hydrogen-bond donors (Lipinski definition) is 2. The molecular weight excluding hydrogens is 230 g/mol. The zero-order chi connectivity index (χ0) is 14.2. The van der Waals surface area contributed by atoms with Crippen LogP contribution in [0.1, 0.15) is 59.8 Å². The Hall–Kier alpha value is -0.900. The van der Waals surface area contributed by atoms with Gasteiger partial charge in [0.15, 0.2) is 5.78 Å². The molecule has 0 aliphatic rings. The Morgan fingerprint density at radius 2 is 1.83 bits per heavy atom. The summed E-state index contributed by atoms with van der Waals surface area (Å²) in [7, 11) is 0. The molecule has 0 heterocycles. The van der Waals surface area contributed by atoms with Crippen LogP contribution < -0.4 is 5.32 Å². The highest BCUT2D eigenvalue weighted by molar-refractivity contribution is 5.83. The molecule has 1 unspecified atom stereocenters. The van der Waals surface area contributed by atoms with Crippen molar-refractivity contribution >= 4 is 11.7 Å². The quantitative estimate of drug-likeness (QED) is 0.654. The van der Waals surface area contributed by atoms with Crippen molar-refractivity contribution in [3.8, 4) is 0 Å². The molecule has 0 fully saturated rings. The number of unbranched alkanes of at least 4 members (excludes halogenated alkanes) is 1. The average molecular weight is 257 g/mol. The normalized spacial score (nSPS) is 13.2. The van der Waals surface area contributed by atoms with Gasteiger partial charge < -0.3 is 10.4 Å². The number of carbonyl (C=O) groups is 2. The highest BCUT2D eigenvalue weighted by atomic mass is 16.3. The van der Waals surface area contributed by atoms with Gasteiger partial charge in [0.1, 0.15) is 6.10 Å². The number of aliphatic hydroxyl groups is 1. The number of ketones is 1. The van der Waals surface area contributed by atoms with Crippen LogP contribution in [0.2, 0.25) is 0 Å². The number of nitrogens with one attached hydrogen (secondary N) is 1. The topological polar surface area (TPSA) is 66.4 Å². The summed E-state index contributed by atoms with van der Waals surface area (Å²) >= 11 is 0. The van der Waals surface area contributed by atoms with Crippen LogP contribution >= 0.6 is 0 Å². The summed E-state index contributed by atoms with van der Waals surface area (Å²) < 4.78 is 0. The fourth-order valence-electron chi connectivity index (χ4n) is 1.45. The molecule has 0 bridgehead atoms. The molecule has 0 spiro atoms. The molecule has 0 aromatic rings. The molecule has 0 radical (unpaired) electrons. The van der Waals surface area contributed by atoms with Crippen molar-refractivity contribution in [2.45, 2.75) is 65.9 Å². The predicted molar refractivity (Wildman–Crippen MR) is 72.2 cm³/mol. The molecule has 4 heteroatoms. The Kier molecular flexibility index (Phi) is 7.83. The SMILES string of the molecule is CCCCC(O)C(=O)CCCNC(=O)C(C)(C)C. The van der Waals surface area contributed by atoms with Gasteiger partial charge in [-0.1, -0.05) is 40.5 Å². The van der Waals surface area contributed by atoms with Crippen LogP contribution in [-0.2, 0) is 9.59 Å². The first-order valence-corrected chi connectivity index (χ1v) is 6.78. The van der Waals surface area contributed by atoms with Crippen molar-refractivity contribution in [3.63, 3.8) is 0 Å². The molecule has 4 nitrogen and oxygen atoms in total. The zero-order valence-electron chi connectivity index (χ0n) is 12.1. The molecule has 106 valence electrons. The van der Waals surface area contributed by atoms with Gasteiger partial charge in [0, 0.05) is 18.4 Å². The van der Waals surface area contributed by atoms with E-state index in [1.807, 2.05) is 27.7 Å². The smallest absolute Gasteiger partial charge is 0.225 e. The number of Topliss-reactive ketones (excluding diaryl/α,β-unsaturated/α-hetero) is 1. The lowest BCUT2D eigenvalue weighted by molar-refractivity contribution is -0.129. The lowest BCUT2D eigenvalue weighted by atomic mass is 9.95. The van der Waals surface area contributed by atoms with Gasteiger partial charge in [-0.05, 0) is 12.8 Å². The van der Waals surface area contributed by atoms with Crippen LogP contribution in [-0.4, -0.2) is 29.4 Å². The van der Waals surface area contributed by atoms with Crippen LogP contribution in [0, 0.1) is 5.41 Å². The van der Waals surface area contributed by atoms with Gasteiger partial charge in [0.2, 0.25) is 5.91 Å². The summed E-state index contributed by atoms with van der Waals surface area (Å²) in [6.45, 7) is 8.06. The predicted octanol–water partition coefficient (Wildman–Crippen LogP) is 2.05. The largest absolute Gasteiger partial charge is 0.385 e. The van der Waals surface area contributed by atoms with Crippen molar-refractivity contribution in [2.24, 2.45) is 5.41 Å². The summed E-state index contributed by atoms with van der Waals surface area (Å²) in [6, 6.07) is 0. The third-order valence-electron chi connectivity index (χ3n) is 2.77. The summed E-state index contributed by atoms with van der Waals surface area (Å²) in [6.07, 6.45) is 2.48. The maximum absolute atomic E-state index is 11.5. The highest BCUT2D eigenvalue weighted by Crippen LogP contribution is 2.12. The van der Waals surface area contributed by atoms with Crippen molar-refractivity contribution in [1.29, 1.82) is 0 Å². The summed E-state index contributed by atoms with van der Waals surface area (Å²) in [5, 5.41) is 12.3. The number of rotatable bonds is 8. The first-order chi connectivity index (χ1) is 8.29. The molecule has 18 heavy (non-hydrogen) atoms. The lowest BCUT2D eigenvalue weighted by Crippen LogP contribution is -2.35. The van der Waals surface area contributed by atoms with Crippen LogP contribution in [0.3, 0.4) is 0 Å². The molecule has 2 N–H and O–H groups in total. The van der Waals surface area contributed by atoms with Crippen molar-refractivity contribution in [1.82, 2.24) is 5.32 Å². The lowest BCUT2D eigenvalue weighted by Gasteiger charge is -2.17. The van der Waals surface area contributed by atoms with Gasteiger partial charge in [-0.3, -0.25) is 9.59 Å². The minimum absolute atomic E-state index is 0.0125. The van der Waals surface area contributed by atoms with E-state index in [-0.39, 0.29) is 11.7 Å². The molecule has 0 aliphatic heterocycles. The Labute approximate surface area is 110 Å². The molecule has 0 saturated carbocycles. The summed E-state index contributed by atoms with van der Waals surface area (Å²) in [4.78, 5) is 23.1. The zero-order valence-corrected chi connectivity index (χ0v) is 12.1. The van der Waals surface area contributed by atoms with E-state index in [0.717, 1.165) is 12.8 Å². The van der Waals surface area contributed by atoms with E-state index in [1.165, 1.54) is 0 Å². The number of carbonyl (C=O) groups excluding carboxylic acids is 2. The average Bonchev–Trinajstić information content (AvgIpc) is 2.29. The molecule has 0 aromatic heterocycles. The fraction of sp³-hybridized carbons (Fsp3) is 0.857. The first kappa shape index (κ1) is 17.1. The van der Waals surface area contributed by atoms with Crippen molar-refractivity contribution in [3.05, 3.63) is 0 Å². The molecule has 0 rings (SSSR count). The Bertz CT molecular complexity index is 269. The van der Waals surface area contributed by atoms with E-state index < -0.39 is 11.5 Å². The van der Waals surface area contributed by atoms with Crippen LogP contribution in [0.4, 0.5) is 0 Å². The molecule has 0 aromatic carbocycles. The first-order valence-electron chi connectivity index (χ1n) is 6.78. The molecule has 0 aliphatic carbocycles. The minimum atomic E-state index is -0.830. The Morgan fingerprint density at radius 1 is 1.22 bits per heavy atom. The summed E-state index contributed by atoms with van der Waals surface area (Å²) in [5.41, 5.74) is -0.398. The van der Waals surface area contributed by atoms with E-state index in [9.17, 15) is 14.7 Å². The Morgan fingerprint density at radius 3 is 2.33 bits per heavy atom. The molecular formula is C14H27NO3. The van der Waals surface area contributed by atoms with Crippen LogP contribution in [0.25, 0.3) is 0 Å². The van der Waals surface area contributed by atoms with E-state index in [2.05, 4.69) is 5.32 Å². The van der Waals surface area contributed by atoms with Crippen molar-refractivity contribution in [2.75, 3.05) is 6.54 Å². The van der Waals surface area contributed by atoms with Crippen molar-refractivity contribution < 1.29 is 14.7 Å². The molecule has 1 amide bonds. The maximum atomic E-state index is 11.5. The summed E-state index contributed by atoms with van der Waals surface area (Å²) in [5.74, 6) is -0.130. The van der Waals surface area contributed by atoms with Gasteiger partial charge >= 0.3 is 0 Å². The second-order valence-electron chi connectivity index (χ2n) is 5.73. The minimum Gasteiger partial charge on any atom is -0.385 e. The van der Waals surface area contributed by atoms with E-state index in [1.54, 1.807) is 0 Å². The van der Waals surface area contributed by atoms with Gasteiger partial charge in [0.05, 0.1) is 0 Å². The van der Waals surface area contributed by atoms with Gasteiger partial charge in [-0.15, -0.1) is 0 Å². The van der Waals surface area contributed by atoms with E-state index >= 15 is 0 Å². The van der Waals surface area contributed by atoms with Crippen LogP contribution in [0.15, 0.2) is 0 Å². The van der Waals surface area contributed by atoms with Crippen LogP contribution in [0.5, 0.6) is 0 Å². The van der Waals surface area contributed by atoms with Gasteiger partial charge in [0.25, 0.3) is 0 Å². The third kappa shape index (κ3) is 7.43. The Balaban J connectivity index is 3.72. The van der Waals surface area contributed by atoms with Gasteiger partial charge in [-0.2, -0.15) is 0 Å². The number of hydrogen-bond acceptors (Lipinski definition) is 3. The maximum Gasteiger partial charge on any atom is 0.225 e. The number of amides is 1. The third-order valence-corrected chi connectivity index (χ3v) is 2.77. The fourth-order valence-corrected chi connectivity index (χ4v) is 1.45.